The first-order chi connectivity index (χ1) is 9.61. The van der Waals surface area contributed by atoms with E-state index in [-0.39, 0.29) is 0 Å². The average Bonchev–Trinajstić information content (AvgIpc) is 2.83. The summed E-state index contributed by atoms with van der Waals surface area (Å²) in [5.41, 5.74) is 3.48. The van der Waals surface area contributed by atoms with Gasteiger partial charge in [0.2, 0.25) is 0 Å². The minimum atomic E-state index is 0.568. The minimum absolute atomic E-state index is 0.568. The van der Waals surface area contributed by atoms with Crippen molar-refractivity contribution in [2.75, 3.05) is 20.3 Å². The molecule has 0 saturated heterocycles. The fourth-order valence-electron chi connectivity index (χ4n) is 3.03. The van der Waals surface area contributed by atoms with Crippen molar-refractivity contribution in [3.05, 3.63) is 22.8 Å². The number of methoxy groups -OCH3 is 1. The largest absolute Gasteiger partial charge is 0.383 e. The van der Waals surface area contributed by atoms with Crippen LogP contribution in [0, 0.1) is 19.8 Å². The van der Waals surface area contributed by atoms with Gasteiger partial charge in [-0.25, -0.2) is 9.97 Å². The summed E-state index contributed by atoms with van der Waals surface area (Å²) in [5, 5.41) is 3.38. The first kappa shape index (κ1) is 15.4. The van der Waals surface area contributed by atoms with Crippen LogP contribution in [0.3, 0.4) is 0 Å². The van der Waals surface area contributed by atoms with E-state index in [1.165, 1.54) is 24.8 Å². The second-order valence-electron chi connectivity index (χ2n) is 6.02. The fourth-order valence-corrected chi connectivity index (χ4v) is 3.03. The van der Waals surface area contributed by atoms with Gasteiger partial charge < -0.3 is 10.1 Å². The van der Waals surface area contributed by atoms with E-state index >= 15 is 0 Å². The van der Waals surface area contributed by atoms with Crippen molar-refractivity contribution in [2.45, 2.75) is 52.5 Å². The fraction of sp³-hybridized carbons (Fsp3) is 0.750. The maximum absolute atomic E-state index is 5.04. The Kier molecular flexibility index (Phi) is 5.49. The van der Waals surface area contributed by atoms with Gasteiger partial charge in [0, 0.05) is 43.1 Å². The number of aryl methyl sites for hydroxylation is 2. The molecule has 0 aromatic carbocycles. The second-order valence-corrected chi connectivity index (χ2v) is 6.02. The molecule has 0 spiro atoms. The molecule has 0 aliphatic heterocycles. The van der Waals surface area contributed by atoms with Gasteiger partial charge in [-0.2, -0.15) is 0 Å². The molecular formula is C16H27N3O. The van der Waals surface area contributed by atoms with Crippen LogP contribution in [-0.2, 0) is 11.3 Å². The molecule has 0 amide bonds. The standard InChI is InChI=1S/C16H27N3O/c1-11-5-6-14(9-11)16-18-12(2)15(13(3)19-16)10-17-7-8-20-4/h11,14,17H,5-10H2,1-4H3. The lowest BCUT2D eigenvalue weighted by molar-refractivity contribution is 0.199. The number of hydrogen-bond donors (Lipinski definition) is 1. The van der Waals surface area contributed by atoms with Crippen LogP contribution in [0.5, 0.6) is 0 Å². The predicted molar refractivity (Wildman–Crippen MR) is 80.8 cm³/mol. The van der Waals surface area contributed by atoms with Crippen LogP contribution in [0.25, 0.3) is 0 Å². The third-order valence-corrected chi connectivity index (χ3v) is 4.28. The van der Waals surface area contributed by atoms with Crippen molar-refractivity contribution < 1.29 is 4.74 Å². The van der Waals surface area contributed by atoms with Crippen LogP contribution in [0.1, 0.15) is 54.9 Å². The first-order valence-corrected chi connectivity index (χ1v) is 7.65. The van der Waals surface area contributed by atoms with Crippen LogP contribution in [0.2, 0.25) is 0 Å². The number of ether oxygens (including phenoxy) is 1. The molecule has 1 aliphatic rings. The third-order valence-electron chi connectivity index (χ3n) is 4.28. The maximum Gasteiger partial charge on any atom is 0.131 e. The summed E-state index contributed by atoms with van der Waals surface area (Å²) in [6, 6.07) is 0. The summed E-state index contributed by atoms with van der Waals surface area (Å²) in [4.78, 5) is 9.53. The van der Waals surface area contributed by atoms with Crippen LogP contribution in [0.4, 0.5) is 0 Å². The van der Waals surface area contributed by atoms with Gasteiger partial charge in [-0.3, -0.25) is 0 Å². The van der Waals surface area contributed by atoms with Gasteiger partial charge in [0.25, 0.3) is 0 Å². The molecule has 20 heavy (non-hydrogen) atoms. The molecule has 0 bridgehead atoms. The smallest absolute Gasteiger partial charge is 0.131 e. The molecule has 1 aromatic heterocycles. The molecular weight excluding hydrogens is 250 g/mol. The van der Waals surface area contributed by atoms with Crippen molar-refractivity contribution in [3.8, 4) is 0 Å². The van der Waals surface area contributed by atoms with Gasteiger partial charge in [-0.1, -0.05) is 6.92 Å². The van der Waals surface area contributed by atoms with Gasteiger partial charge in [0.15, 0.2) is 0 Å². The lowest BCUT2D eigenvalue weighted by Gasteiger charge is -2.14. The Morgan fingerprint density at radius 3 is 2.45 bits per heavy atom. The maximum atomic E-state index is 5.04. The van der Waals surface area contributed by atoms with Crippen LogP contribution >= 0.6 is 0 Å². The van der Waals surface area contributed by atoms with Gasteiger partial charge in [-0.05, 0) is 39.0 Å². The Balaban J connectivity index is 2.04. The summed E-state index contributed by atoms with van der Waals surface area (Å²) < 4.78 is 5.04. The topological polar surface area (TPSA) is 47.0 Å². The number of aromatic nitrogens is 2. The monoisotopic (exact) mass is 277 g/mol. The number of rotatable bonds is 6. The summed E-state index contributed by atoms with van der Waals surface area (Å²) in [5.74, 6) is 2.45. The summed E-state index contributed by atoms with van der Waals surface area (Å²) in [6.07, 6.45) is 3.79. The van der Waals surface area contributed by atoms with Gasteiger partial charge in [0.05, 0.1) is 6.61 Å². The van der Waals surface area contributed by atoms with Crippen molar-refractivity contribution in [2.24, 2.45) is 5.92 Å². The molecule has 2 unspecified atom stereocenters. The number of nitrogens with one attached hydrogen (secondary N) is 1. The van der Waals surface area contributed by atoms with E-state index in [1.54, 1.807) is 7.11 Å². The van der Waals surface area contributed by atoms with E-state index in [2.05, 4.69) is 26.1 Å². The van der Waals surface area contributed by atoms with Crippen LogP contribution < -0.4 is 5.32 Å². The molecule has 1 heterocycles. The highest BCUT2D eigenvalue weighted by molar-refractivity contribution is 5.25. The molecule has 4 nitrogen and oxygen atoms in total. The summed E-state index contributed by atoms with van der Waals surface area (Å²) in [6.45, 7) is 8.94. The first-order valence-electron chi connectivity index (χ1n) is 7.65. The normalized spacial score (nSPS) is 22.4. The van der Waals surface area contributed by atoms with E-state index in [0.717, 1.165) is 42.8 Å². The van der Waals surface area contributed by atoms with Gasteiger partial charge in [0.1, 0.15) is 5.82 Å². The molecule has 1 aromatic rings. The van der Waals surface area contributed by atoms with Crippen molar-refractivity contribution in [1.29, 1.82) is 0 Å². The molecule has 4 heteroatoms. The van der Waals surface area contributed by atoms with Gasteiger partial charge >= 0.3 is 0 Å². The molecule has 2 rings (SSSR count). The molecule has 1 saturated carbocycles. The second kappa shape index (κ2) is 7.14. The zero-order valence-corrected chi connectivity index (χ0v) is 13.2. The summed E-state index contributed by atoms with van der Waals surface area (Å²) in [7, 11) is 1.72. The molecule has 1 aliphatic carbocycles. The Morgan fingerprint density at radius 1 is 1.20 bits per heavy atom. The number of hydrogen-bond acceptors (Lipinski definition) is 4. The van der Waals surface area contributed by atoms with Crippen molar-refractivity contribution >= 4 is 0 Å². The van der Waals surface area contributed by atoms with E-state index in [9.17, 15) is 0 Å². The minimum Gasteiger partial charge on any atom is -0.383 e. The zero-order chi connectivity index (χ0) is 14.5. The lowest BCUT2D eigenvalue weighted by Crippen LogP contribution is -2.21. The average molecular weight is 277 g/mol. The molecule has 112 valence electrons. The quantitative estimate of drug-likeness (QED) is 0.812. The van der Waals surface area contributed by atoms with Gasteiger partial charge in [-0.15, -0.1) is 0 Å². The SMILES string of the molecule is COCCNCc1c(C)nc(C2CCC(C)C2)nc1C. The Morgan fingerprint density at radius 2 is 1.90 bits per heavy atom. The van der Waals surface area contributed by atoms with E-state index < -0.39 is 0 Å². The van der Waals surface area contributed by atoms with E-state index in [0.29, 0.717) is 5.92 Å². The highest BCUT2D eigenvalue weighted by atomic mass is 16.5. The lowest BCUT2D eigenvalue weighted by atomic mass is 10.0. The van der Waals surface area contributed by atoms with E-state index in [4.69, 9.17) is 14.7 Å². The molecule has 2 atom stereocenters. The molecule has 1 fully saturated rings. The Labute approximate surface area is 122 Å². The Hall–Kier alpha value is -1.00. The molecule has 0 radical (unpaired) electrons. The Bertz CT molecular complexity index is 424. The number of nitrogens with zero attached hydrogens (tertiary/aromatic N) is 2. The zero-order valence-electron chi connectivity index (χ0n) is 13.2. The summed E-state index contributed by atoms with van der Waals surface area (Å²) >= 11 is 0. The van der Waals surface area contributed by atoms with E-state index in [1.807, 2.05) is 0 Å². The molecule has 1 N–H and O–H groups in total. The third kappa shape index (κ3) is 3.76. The van der Waals surface area contributed by atoms with Crippen molar-refractivity contribution in [1.82, 2.24) is 15.3 Å². The predicted octanol–water partition coefficient (Wildman–Crippen LogP) is 2.73. The van der Waals surface area contributed by atoms with Crippen LogP contribution in [0.15, 0.2) is 0 Å². The highest BCUT2D eigenvalue weighted by Gasteiger charge is 2.25. The van der Waals surface area contributed by atoms with Crippen molar-refractivity contribution in [3.63, 3.8) is 0 Å². The highest BCUT2D eigenvalue weighted by Crippen LogP contribution is 2.36. The van der Waals surface area contributed by atoms with Crippen LogP contribution in [-0.4, -0.2) is 30.2 Å².